The van der Waals surface area contributed by atoms with Crippen molar-refractivity contribution in [1.29, 1.82) is 0 Å². The molecule has 0 saturated heterocycles. The number of benzene rings is 1. The molecule has 0 atom stereocenters. The minimum absolute atomic E-state index is 0.686. The number of aryl methyl sites for hydroxylation is 1. The standard InChI is InChI=1S/C15H25NO2/c1-14-5-7-15(8-6-14)13-16-9-3-4-10-18-12-11-17-2/h5-8,16H,3-4,9-13H2,1-2H3. The first-order valence-corrected chi connectivity index (χ1v) is 6.66. The Labute approximate surface area is 110 Å². The van der Waals surface area contributed by atoms with Gasteiger partial charge in [-0.3, -0.25) is 0 Å². The highest BCUT2D eigenvalue weighted by Gasteiger charge is 1.93. The lowest BCUT2D eigenvalue weighted by atomic mass is 10.1. The molecule has 0 unspecified atom stereocenters. The number of methoxy groups -OCH3 is 1. The summed E-state index contributed by atoms with van der Waals surface area (Å²) in [5.74, 6) is 0. The predicted octanol–water partition coefficient (Wildman–Crippen LogP) is 2.53. The summed E-state index contributed by atoms with van der Waals surface area (Å²) in [4.78, 5) is 0. The molecule has 1 N–H and O–H groups in total. The molecule has 1 rings (SSSR count). The average molecular weight is 251 g/mol. The van der Waals surface area contributed by atoms with Crippen molar-refractivity contribution in [3.8, 4) is 0 Å². The fourth-order valence-electron chi connectivity index (χ4n) is 1.64. The summed E-state index contributed by atoms with van der Waals surface area (Å²) in [6.07, 6.45) is 2.25. The van der Waals surface area contributed by atoms with Gasteiger partial charge in [0.2, 0.25) is 0 Å². The Morgan fingerprint density at radius 1 is 1.00 bits per heavy atom. The Bertz CT molecular complexity index is 298. The van der Waals surface area contributed by atoms with Crippen molar-refractivity contribution in [2.24, 2.45) is 0 Å². The first-order valence-electron chi connectivity index (χ1n) is 6.66. The van der Waals surface area contributed by atoms with Gasteiger partial charge in [0.15, 0.2) is 0 Å². The maximum Gasteiger partial charge on any atom is 0.0700 e. The molecule has 1 aromatic rings. The van der Waals surface area contributed by atoms with Crippen LogP contribution in [0.1, 0.15) is 24.0 Å². The van der Waals surface area contributed by atoms with Crippen molar-refractivity contribution in [2.75, 3.05) is 33.5 Å². The van der Waals surface area contributed by atoms with E-state index >= 15 is 0 Å². The molecule has 0 saturated carbocycles. The summed E-state index contributed by atoms with van der Waals surface area (Å²) in [6.45, 7) is 6.32. The van der Waals surface area contributed by atoms with Crippen molar-refractivity contribution in [3.05, 3.63) is 35.4 Å². The van der Waals surface area contributed by atoms with Gasteiger partial charge >= 0.3 is 0 Å². The van der Waals surface area contributed by atoms with E-state index in [1.54, 1.807) is 7.11 Å². The Hall–Kier alpha value is -0.900. The third-order valence-electron chi connectivity index (χ3n) is 2.77. The minimum Gasteiger partial charge on any atom is -0.382 e. The molecular weight excluding hydrogens is 226 g/mol. The lowest BCUT2D eigenvalue weighted by molar-refractivity contribution is 0.0688. The van der Waals surface area contributed by atoms with Crippen LogP contribution in [0.5, 0.6) is 0 Å². The highest BCUT2D eigenvalue weighted by atomic mass is 16.5. The predicted molar refractivity (Wildman–Crippen MR) is 74.8 cm³/mol. The molecule has 0 aromatic heterocycles. The van der Waals surface area contributed by atoms with E-state index in [9.17, 15) is 0 Å². The van der Waals surface area contributed by atoms with E-state index in [0.29, 0.717) is 13.2 Å². The lowest BCUT2D eigenvalue weighted by Gasteiger charge is -2.06. The SMILES string of the molecule is COCCOCCCCNCc1ccc(C)cc1. The molecule has 3 nitrogen and oxygen atoms in total. The molecule has 102 valence electrons. The first kappa shape index (κ1) is 15.2. The maximum absolute atomic E-state index is 5.40. The summed E-state index contributed by atoms with van der Waals surface area (Å²) in [5.41, 5.74) is 2.66. The highest BCUT2D eigenvalue weighted by molar-refractivity contribution is 5.20. The van der Waals surface area contributed by atoms with Crippen LogP contribution < -0.4 is 5.32 Å². The van der Waals surface area contributed by atoms with Gasteiger partial charge in [-0.1, -0.05) is 29.8 Å². The third kappa shape index (κ3) is 7.43. The van der Waals surface area contributed by atoms with Gasteiger partial charge in [-0.05, 0) is 31.9 Å². The second-order valence-corrected chi connectivity index (χ2v) is 4.47. The van der Waals surface area contributed by atoms with Gasteiger partial charge < -0.3 is 14.8 Å². The molecule has 0 spiro atoms. The second kappa shape index (κ2) is 10.1. The monoisotopic (exact) mass is 251 g/mol. The van der Waals surface area contributed by atoms with Crippen LogP contribution in [-0.2, 0) is 16.0 Å². The van der Waals surface area contributed by atoms with Crippen LogP contribution >= 0.6 is 0 Å². The zero-order valence-electron chi connectivity index (χ0n) is 11.6. The first-order chi connectivity index (χ1) is 8.83. The van der Waals surface area contributed by atoms with Crippen LogP contribution in [0.3, 0.4) is 0 Å². The zero-order chi connectivity index (χ0) is 13.1. The summed E-state index contributed by atoms with van der Waals surface area (Å²) >= 11 is 0. The molecule has 0 aliphatic heterocycles. The van der Waals surface area contributed by atoms with Gasteiger partial charge in [0, 0.05) is 20.3 Å². The Morgan fingerprint density at radius 3 is 2.50 bits per heavy atom. The molecule has 0 aliphatic rings. The normalized spacial score (nSPS) is 10.8. The van der Waals surface area contributed by atoms with Crippen LogP contribution in [0.25, 0.3) is 0 Å². The Morgan fingerprint density at radius 2 is 1.78 bits per heavy atom. The Kier molecular flexibility index (Phi) is 8.47. The smallest absolute Gasteiger partial charge is 0.0700 e. The fraction of sp³-hybridized carbons (Fsp3) is 0.600. The van der Waals surface area contributed by atoms with E-state index in [2.05, 4.69) is 36.5 Å². The van der Waals surface area contributed by atoms with Crippen molar-refractivity contribution in [1.82, 2.24) is 5.32 Å². The molecule has 0 radical (unpaired) electrons. The second-order valence-electron chi connectivity index (χ2n) is 4.47. The molecule has 1 aromatic carbocycles. The molecule has 18 heavy (non-hydrogen) atoms. The van der Waals surface area contributed by atoms with E-state index in [-0.39, 0.29) is 0 Å². The quantitative estimate of drug-likeness (QED) is 0.648. The van der Waals surface area contributed by atoms with Gasteiger partial charge in [-0.25, -0.2) is 0 Å². The number of unbranched alkanes of at least 4 members (excludes halogenated alkanes) is 1. The molecule has 3 heteroatoms. The van der Waals surface area contributed by atoms with Gasteiger partial charge in [-0.2, -0.15) is 0 Å². The molecule has 0 bridgehead atoms. The number of hydrogen-bond acceptors (Lipinski definition) is 3. The molecular formula is C15H25NO2. The fourth-order valence-corrected chi connectivity index (χ4v) is 1.64. The molecule has 0 fully saturated rings. The summed E-state index contributed by atoms with van der Waals surface area (Å²) in [7, 11) is 1.69. The van der Waals surface area contributed by atoms with Crippen LogP contribution in [-0.4, -0.2) is 33.5 Å². The van der Waals surface area contributed by atoms with Crippen LogP contribution in [0.4, 0.5) is 0 Å². The van der Waals surface area contributed by atoms with Crippen LogP contribution in [0.2, 0.25) is 0 Å². The highest BCUT2D eigenvalue weighted by Crippen LogP contribution is 2.02. The van der Waals surface area contributed by atoms with Crippen LogP contribution in [0.15, 0.2) is 24.3 Å². The van der Waals surface area contributed by atoms with Crippen molar-refractivity contribution >= 4 is 0 Å². The van der Waals surface area contributed by atoms with E-state index in [1.165, 1.54) is 11.1 Å². The van der Waals surface area contributed by atoms with Gasteiger partial charge in [0.1, 0.15) is 0 Å². The number of ether oxygens (including phenoxy) is 2. The van der Waals surface area contributed by atoms with Crippen molar-refractivity contribution in [3.63, 3.8) is 0 Å². The summed E-state index contributed by atoms with van der Waals surface area (Å²) in [6, 6.07) is 8.66. The van der Waals surface area contributed by atoms with E-state index in [1.807, 2.05) is 0 Å². The van der Waals surface area contributed by atoms with Crippen LogP contribution in [0, 0.1) is 6.92 Å². The van der Waals surface area contributed by atoms with Gasteiger partial charge in [0.05, 0.1) is 13.2 Å². The maximum atomic E-state index is 5.40. The minimum atomic E-state index is 0.686. The number of rotatable bonds is 10. The molecule has 0 aliphatic carbocycles. The van der Waals surface area contributed by atoms with E-state index < -0.39 is 0 Å². The third-order valence-corrected chi connectivity index (χ3v) is 2.77. The van der Waals surface area contributed by atoms with Crippen molar-refractivity contribution in [2.45, 2.75) is 26.3 Å². The van der Waals surface area contributed by atoms with Gasteiger partial charge in [0.25, 0.3) is 0 Å². The van der Waals surface area contributed by atoms with Crippen molar-refractivity contribution < 1.29 is 9.47 Å². The summed E-state index contributed by atoms with van der Waals surface area (Å²) in [5, 5.41) is 3.44. The molecule has 0 amide bonds. The average Bonchev–Trinajstić information content (AvgIpc) is 2.39. The Balaban J connectivity index is 1.91. The van der Waals surface area contributed by atoms with Gasteiger partial charge in [-0.15, -0.1) is 0 Å². The lowest BCUT2D eigenvalue weighted by Crippen LogP contribution is -2.15. The number of nitrogens with one attached hydrogen (secondary N) is 1. The molecule has 0 heterocycles. The zero-order valence-corrected chi connectivity index (χ0v) is 11.6. The van der Waals surface area contributed by atoms with E-state index in [0.717, 1.165) is 32.5 Å². The topological polar surface area (TPSA) is 30.5 Å². The van der Waals surface area contributed by atoms with E-state index in [4.69, 9.17) is 9.47 Å². The largest absolute Gasteiger partial charge is 0.382 e. The summed E-state index contributed by atoms with van der Waals surface area (Å²) < 4.78 is 10.3. The number of hydrogen-bond donors (Lipinski definition) is 1.